The largest absolute Gasteiger partial charge is 0.394 e. The van der Waals surface area contributed by atoms with Crippen molar-refractivity contribution < 1.29 is 20.4 Å². The number of allylic oxidation sites excluding steroid dienone is 1. The lowest BCUT2D eigenvalue weighted by molar-refractivity contribution is -0.0806. The van der Waals surface area contributed by atoms with Gasteiger partial charge in [0, 0.05) is 15.6 Å². The highest BCUT2D eigenvalue weighted by molar-refractivity contribution is 6.31. The van der Waals surface area contributed by atoms with Gasteiger partial charge in [-0.3, -0.25) is 4.79 Å². The molecule has 12 heteroatoms. The van der Waals surface area contributed by atoms with E-state index in [4.69, 9.17) is 28.2 Å². The fourth-order valence-corrected chi connectivity index (χ4v) is 5.54. The molecule has 5 N–H and O–H groups in total. The van der Waals surface area contributed by atoms with E-state index in [-0.39, 0.29) is 22.6 Å². The minimum Gasteiger partial charge on any atom is -0.394 e. The molecule has 0 amide bonds. The number of rotatable bonds is 6. The Hall–Kier alpha value is -3.64. The van der Waals surface area contributed by atoms with Crippen LogP contribution in [-0.2, 0) is 6.42 Å². The second-order valence-corrected chi connectivity index (χ2v) is 10.8. The standard InChI is InChI=1S/C29H25Cl2N5O5/c30-17-8-4-14(5-9-17)12-16-2-1-3-19-21(15-6-10-18(31)11-7-15)22-26(32-23(16)19)33-29-35-34-27(36(29)28(22)41)25(40)24(39)20(38)13-37/h4-12,20,24-25,37-40H,1-3,13H2,(H,32,33,35)/b16-12+/t20-,24-,25+/m1/s1. The molecule has 6 rings (SSSR count). The van der Waals surface area contributed by atoms with Gasteiger partial charge in [-0.15, -0.1) is 0 Å². The zero-order valence-corrected chi connectivity index (χ0v) is 23.0. The lowest BCUT2D eigenvalue weighted by atomic mass is 9.84. The second kappa shape index (κ2) is 11.0. The van der Waals surface area contributed by atoms with Crippen molar-refractivity contribution in [2.24, 2.45) is 0 Å². The normalized spacial score (nSPS) is 16.7. The van der Waals surface area contributed by atoms with Crippen molar-refractivity contribution in [1.29, 1.82) is 0 Å². The molecule has 0 fully saturated rings. The van der Waals surface area contributed by atoms with E-state index < -0.39 is 30.5 Å². The molecule has 0 saturated heterocycles. The topological polar surface area (TPSA) is 157 Å². The number of aliphatic hydroxyl groups excluding tert-OH is 4. The van der Waals surface area contributed by atoms with Crippen LogP contribution in [0.15, 0.2) is 53.3 Å². The van der Waals surface area contributed by atoms with E-state index in [0.29, 0.717) is 22.0 Å². The Bertz CT molecular complexity index is 1850. The highest BCUT2D eigenvalue weighted by atomic mass is 35.5. The molecule has 0 aliphatic heterocycles. The number of hydrogen-bond donors (Lipinski definition) is 5. The van der Waals surface area contributed by atoms with Gasteiger partial charge in [0.25, 0.3) is 5.56 Å². The summed E-state index contributed by atoms with van der Waals surface area (Å²) in [6, 6.07) is 14.6. The van der Waals surface area contributed by atoms with Crippen molar-refractivity contribution in [3.8, 4) is 11.1 Å². The van der Waals surface area contributed by atoms with Crippen LogP contribution in [0.2, 0.25) is 10.0 Å². The summed E-state index contributed by atoms with van der Waals surface area (Å²) in [5.41, 5.74) is 4.59. The number of hydrogen-bond acceptors (Lipinski definition) is 8. The van der Waals surface area contributed by atoms with Gasteiger partial charge in [0.1, 0.15) is 18.3 Å². The SMILES string of the molecule is O=c1c2c(-c3ccc(Cl)cc3)c3c(nc2nc2[nH]nc([C@@H](O)[C@H](O)[C@H](O)CO)n12)/C(=C/c1ccc(Cl)cc1)CCC3. The van der Waals surface area contributed by atoms with E-state index >= 15 is 0 Å². The van der Waals surface area contributed by atoms with E-state index in [1.54, 1.807) is 12.1 Å². The van der Waals surface area contributed by atoms with Gasteiger partial charge in [-0.05, 0) is 71.9 Å². The molecule has 0 bridgehead atoms. The minimum absolute atomic E-state index is 0.00390. The maximum Gasteiger partial charge on any atom is 0.270 e. The molecule has 2 aromatic carbocycles. The molecule has 0 unspecified atom stereocenters. The summed E-state index contributed by atoms with van der Waals surface area (Å²) in [5, 5.41) is 48.2. The Labute approximate surface area is 243 Å². The van der Waals surface area contributed by atoms with Crippen LogP contribution in [0.25, 0.3) is 39.6 Å². The monoisotopic (exact) mass is 593 g/mol. The van der Waals surface area contributed by atoms with Crippen LogP contribution in [0.1, 0.15) is 41.6 Å². The predicted octanol–water partition coefficient (Wildman–Crippen LogP) is 3.56. The number of aliphatic hydroxyl groups is 4. The van der Waals surface area contributed by atoms with Crippen molar-refractivity contribution in [3.63, 3.8) is 0 Å². The number of nitrogens with zero attached hydrogens (tertiary/aromatic N) is 4. The van der Waals surface area contributed by atoms with Crippen LogP contribution in [0.3, 0.4) is 0 Å². The van der Waals surface area contributed by atoms with Crippen LogP contribution in [0.4, 0.5) is 0 Å². The van der Waals surface area contributed by atoms with Gasteiger partial charge in [-0.25, -0.2) is 14.5 Å². The molecule has 3 heterocycles. The first-order valence-corrected chi connectivity index (χ1v) is 13.7. The number of aromatic nitrogens is 5. The van der Waals surface area contributed by atoms with Crippen molar-refractivity contribution in [2.75, 3.05) is 6.61 Å². The summed E-state index contributed by atoms with van der Waals surface area (Å²) in [7, 11) is 0. The molecule has 210 valence electrons. The Kier molecular flexibility index (Phi) is 7.37. The number of pyridine rings is 1. The van der Waals surface area contributed by atoms with Gasteiger partial charge in [-0.1, -0.05) is 47.5 Å². The first-order chi connectivity index (χ1) is 19.8. The van der Waals surface area contributed by atoms with E-state index in [1.165, 1.54) is 0 Å². The van der Waals surface area contributed by atoms with E-state index in [9.17, 15) is 25.2 Å². The third kappa shape index (κ3) is 4.93. The van der Waals surface area contributed by atoms with Gasteiger partial charge < -0.3 is 20.4 Å². The Morgan fingerprint density at radius 2 is 1.66 bits per heavy atom. The molecule has 5 aromatic rings. The lowest BCUT2D eigenvalue weighted by Gasteiger charge is -2.23. The van der Waals surface area contributed by atoms with Crippen LogP contribution in [-0.4, -0.2) is 63.8 Å². The average Bonchev–Trinajstić information content (AvgIpc) is 3.41. The van der Waals surface area contributed by atoms with Crippen molar-refractivity contribution in [3.05, 3.63) is 91.6 Å². The van der Waals surface area contributed by atoms with Crippen LogP contribution < -0.4 is 5.56 Å². The molecular weight excluding hydrogens is 569 g/mol. The number of nitrogens with one attached hydrogen (secondary N) is 1. The van der Waals surface area contributed by atoms with E-state index in [1.807, 2.05) is 36.4 Å². The molecule has 10 nitrogen and oxygen atoms in total. The van der Waals surface area contributed by atoms with Crippen molar-refractivity contribution >= 4 is 51.7 Å². The Balaban J connectivity index is 1.64. The van der Waals surface area contributed by atoms with Gasteiger partial charge in [0.2, 0.25) is 5.78 Å². The summed E-state index contributed by atoms with van der Waals surface area (Å²) in [5.74, 6) is -0.265. The first-order valence-electron chi connectivity index (χ1n) is 13.0. The fourth-order valence-electron chi connectivity index (χ4n) is 5.29. The molecule has 0 radical (unpaired) electrons. The van der Waals surface area contributed by atoms with Crippen LogP contribution in [0.5, 0.6) is 0 Å². The minimum atomic E-state index is -1.80. The quantitative estimate of drug-likeness (QED) is 0.200. The smallest absolute Gasteiger partial charge is 0.270 e. The zero-order valence-electron chi connectivity index (χ0n) is 21.5. The lowest BCUT2D eigenvalue weighted by Crippen LogP contribution is -2.36. The molecular formula is C29H25Cl2N5O5. The van der Waals surface area contributed by atoms with Crippen LogP contribution in [0, 0.1) is 0 Å². The summed E-state index contributed by atoms with van der Waals surface area (Å²) in [4.78, 5) is 23.6. The Morgan fingerprint density at radius 1 is 0.976 bits per heavy atom. The maximum absolute atomic E-state index is 14.2. The molecule has 1 aliphatic rings. The van der Waals surface area contributed by atoms with E-state index in [0.717, 1.165) is 45.2 Å². The maximum atomic E-state index is 14.2. The fraction of sp³-hybridized carbons (Fsp3) is 0.241. The van der Waals surface area contributed by atoms with Gasteiger partial charge >= 0.3 is 0 Å². The van der Waals surface area contributed by atoms with Gasteiger partial charge in [0.05, 0.1) is 17.7 Å². The van der Waals surface area contributed by atoms with Gasteiger partial charge in [-0.2, -0.15) is 10.1 Å². The summed E-state index contributed by atoms with van der Waals surface area (Å²) >= 11 is 12.3. The van der Waals surface area contributed by atoms with Crippen molar-refractivity contribution in [2.45, 2.75) is 37.6 Å². The van der Waals surface area contributed by atoms with E-state index in [2.05, 4.69) is 21.3 Å². The molecule has 0 spiro atoms. The predicted molar refractivity (Wildman–Crippen MR) is 156 cm³/mol. The Morgan fingerprint density at radius 3 is 2.34 bits per heavy atom. The number of benzene rings is 2. The van der Waals surface area contributed by atoms with Gasteiger partial charge in [0.15, 0.2) is 11.5 Å². The number of fused-ring (bicyclic) bond motifs is 3. The summed E-state index contributed by atoms with van der Waals surface area (Å²) in [6.07, 6.45) is -0.904. The highest BCUT2D eigenvalue weighted by Gasteiger charge is 2.32. The molecule has 41 heavy (non-hydrogen) atoms. The molecule has 3 atom stereocenters. The number of H-pyrrole nitrogens is 1. The zero-order chi connectivity index (χ0) is 28.8. The summed E-state index contributed by atoms with van der Waals surface area (Å²) < 4.78 is 1.06. The second-order valence-electron chi connectivity index (χ2n) is 9.94. The third-order valence-corrected chi connectivity index (χ3v) is 7.81. The van der Waals surface area contributed by atoms with Crippen LogP contribution >= 0.6 is 23.2 Å². The molecule has 0 saturated carbocycles. The van der Waals surface area contributed by atoms with Crippen molar-refractivity contribution in [1.82, 2.24) is 24.6 Å². The average molecular weight is 594 g/mol. The molecule has 1 aliphatic carbocycles. The number of halogens is 2. The molecule has 3 aromatic heterocycles. The first kappa shape index (κ1) is 27.5. The summed E-state index contributed by atoms with van der Waals surface area (Å²) in [6.45, 7) is -0.792. The highest BCUT2D eigenvalue weighted by Crippen LogP contribution is 2.40. The third-order valence-electron chi connectivity index (χ3n) is 7.31. The number of aromatic amines is 1.